The van der Waals surface area contributed by atoms with Crippen LogP contribution in [0.3, 0.4) is 0 Å². The highest BCUT2D eigenvalue weighted by molar-refractivity contribution is 8.06. The van der Waals surface area contributed by atoms with Gasteiger partial charge in [0.15, 0.2) is 0 Å². The molecule has 1 aliphatic heterocycles. The van der Waals surface area contributed by atoms with Crippen molar-refractivity contribution in [3.05, 3.63) is 29.6 Å². The van der Waals surface area contributed by atoms with Crippen LogP contribution in [-0.2, 0) is 6.54 Å². The van der Waals surface area contributed by atoms with Crippen molar-refractivity contribution in [2.75, 3.05) is 23.8 Å². The summed E-state index contributed by atoms with van der Waals surface area (Å²) in [5.41, 5.74) is 1.62. The summed E-state index contributed by atoms with van der Waals surface area (Å²) >= 11 is 4.10. The second-order valence-electron chi connectivity index (χ2n) is 3.86. The number of rotatable bonds is 4. The minimum atomic E-state index is 0.492. The fourth-order valence-corrected chi connectivity index (χ4v) is 4.32. The number of thioether (sulfide) groups is 2. The Morgan fingerprint density at radius 2 is 2.47 bits per heavy atom. The molecule has 5 heteroatoms. The average Bonchev–Trinajstić information content (AvgIpc) is 2.40. The van der Waals surface area contributed by atoms with Crippen LogP contribution in [0, 0.1) is 11.3 Å². The Bertz CT molecular complexity index is 397. The topological polar surface area (TPSA) is 48.7 Å². The van der Waals surface area contributed by atoms with Crippen molar-refractivity contribution in [3.63, 3.8) is 0 Å². The van der Waals surface area contributed by atoms with Gasteiger partial charge < -0.3 is 5.32 Å². The smallest absolute Gasteiger partial charge is 0.140 e. The summed E-state index contributed by atoms with van der Waals surface area (Å²) in [4.78, 5) is 3.96. The Hall–Kier alpha value is -0.700. The highest BCUT2D eigenvalue weighted by Crippen LogP contribution is 2.23. The van der Waals surface area contributed by atoms with Crippen LogP contribution in [0.15, 0.2) is 18.3 Å². The van der Waals surface area contributed by atoms with Gasteiger partial charge in [0.05, 0.1) is 0 Å². The molecule has 17 heavy (non-hydrogen) atoms. The molecule has 2 heterocycles. The molecule has 90 valence electrons. The lowest BCUT2D eigenvalue weighted by molar-refractivity contribution is 0.685. The highest BCUT2D eigenvalue weighted by atomic mass is 32.2. The fourth-order valence-electron chi connectivity index (χ4n) is 1.68. The molecule has 1 aromatic heterocycles. The van der Waals surface area contributed by atoms with Crippen molar-refractivity contribution in [1.82, 2.24) is 10.3 Å². The summed E-state index contributed by atoms with van der Waals surface area (Å²) < 4.78 is 0. The summed E-state index contributed by atoms with van der Waals surface area (Å²) in [5.74, 6) is 3.80. The minimum Gasteiger partial charge on any atom is -0.312 e. The molecule has 0 saturated carbocycles. The van der Waals surface area contributed by atoms with E-state index in [0.29, 0.717) is 5.69 Å². The van der Waals surface area contributed by atoms with Crippen LogP contribution >= 0.6 is 23.5 Å². The summed E-state index contributed by atoms with van der Waals surface area (Å²) in [6.45, 7) is 1.86. The first kappa shape index (κ1) is 12.7. The maximum absolute atomic E-state index is 8.75. The Morgan fingerprint density at radius 3 is 3.24 bits per heavy atom. The third-order valence-electron chi connectivity index (χ3n) is 2.52. The molecule has 1 saturated heterocycles. The molecule has 1 atom stereocenters. The molecule has 0 bridgehead atoms. The number of nitrogens with zero attached hydrogens (tertiary/aromatic N) is 2. The normalized spacial score (nSPS) is 19.8. The minimum absolute atomic E-state index is 0.492. The van der Waals surface area contributed by atoms with Crippen molar-refractivity contribution in [2.45, 2.75) is 11.8 Å². The number of hydrogen-bond donors (Lipinski definition) is 1. The van der Waals surface area contributed by atoms with E-state index in [1.165, 1.54) is 17.3 Å². The van der Waals surface area contributed by atoms with E-state index in [9.17, 15) is 0 Å². The molecule has 0 aromatic carbocycles. The quantitative estimate of drug-likeness (QED) is 0.901. The van der Waals surface area contributed by atoms with Gasteiger partial charge in [-0.2, -0.15) is 28.8 Å². The Kier molecular flexibility index (Phi) is 5.17. The zero-order valence-electron chi connectivity index (χ0n) is 9.56. The molecule has 1 unspecified atom stereocenters. The van der Waals surface area contributed by atoms with Crippen LogP contribution < -0.4 is 5.32 Å². The summed E-state index contributed by atoms with van der Waals surface area (Å²) in [7, 11) is 0. The lowest BCUT2D eigenvalue weighted by Gasteiger charge is -2.21. The predicted octanol–water partition coefficient (Wildman–Crippen LogP) is 1.89. The van der Waals surface area contributed by atoms with Crippen LogP contribution in [-0.4, -0.2) is 34.0 Å². The van der Waals surface area contributed by atoms with Crippen molar-refractivity contribution in [2.24, 2.45) is 0 Å². The molecule has 0 aliphatic carbocycles. The van der Waals surface area contributed by atoms with Gasteiger partial charge in [0, 0.05) is 41.8 Å². The van der Waals surface area contributed by atoms with Gasteiger partial charge in [0.1, 0.15) is 11.8 Å². The fraction of sp³-hybridized carbons (Fsp3) is 0.500. The Balaban J connectivity index is 1.75. The first-order valence-corrected chi connectivity index (χ1v) is 7.84. The molecular formula is C12H15N3S2. The highest BCUT2D eigenvalue weighted by Gasteiger charge is 2.13. The van der Waals surface area contributed by atoms with Crippen molar-refractivity contribution >= 4 is 23.5 Å². The molecule has 1 aliphatic rings. The van der Waals surface area contributed by atoms with E-state index in [1.807, 2.05) is 23.9 Å². The van der Waals surface area contributed by atoms with E-state index in [4.69, 9.17) is 5.26 Å². The lowest BCUT2D eigenvalue weighted by atomic mass is 10.2. The SMILES string of the molecule is N#Cc1cc(CNCC2CSCCS2)ccn1. The monoisotopic (exact) mass is 265 g/mol. The van der Waals surface area contributed by atoms with Crippen molar-refractivity contribution < 1.29 is 0 Å². The molecule has 2 rings (SSSR count). The summed E-state index contributed by atoms with van der Waals surface area (Å²) in [6, 6.07) is 5.86. The number of pyridine rings is 1. The van der Waals surface area contributed by atoms with E-state index in [-0.39, 0.29) is 0 Å². The number of hydrogen-bond acceptors (Lipinski definition) is 5. The molecule has 1 aromatic rings. The van der Waals surface area contributed by atoms with Crippen LogP contribution in [0.1, 0.15) is 11.3 Å². The van der Waals surface area contributed by atoms with E-state index < -0.39 is 0 Å². The molecule has 3 nitrogen and oxygen atoms in total. The zero-order valence-corrected chi connectivity index (χ0v) is 11.2. The van der Waals surface area contributed by atoms with Gasteiger partial charge in [-0.15, -0.1) is 0 Å². The standard InChI is InChI=1S/C12H15N3S2/c13-6-11-5-10(1-2-15-11)7-14-8-12-9-16-3-4-17-12/h1-2,5,12,14H,3-4,7-9H2. The van der Waals surface area contributed by atoms with Gasteiger partial charge in [-0.3, -0.25) is 0 Å². The second kappa shape index (κ2) is 6.90. The first-order valence-electron chi connectivity index (χ1n) is 5.63. The largest absolute Gasteiger partial charge is 0.312 e. The van der Waals surface area contributed by atoms with Crippen molar-refractivity contribution in [3.8, 4) is 6.07 Å². The molecule has 0 radical (unpaired) electrons. The maximum atomic E-state index is 8.75. The third kappa shape index (κ3) is 4.23. The molecular weight excluding hydrogens is 250 g/mol. The summed E-state index contributed by atoms with van der Waals surface area (Å²) in [5, 5.41) is 12.9. The van der Waals surface area contributed by atoms with Crippen LogP contribution in [0.2, 0.25) is 0 Å². The molecule has 0 amide bonds. The molecule has 1 fully saturated rings. The van der Waals surface area contributed by atoms with E-state index in [1.54, 1.807) is 6.20 Å². The predicted molar refractivity (Wildman–Crippen MR) is 74.2 cm³/mol. The second-order valence-corrected chi connectivity index (χ2v) is 6.42. The van der Waals surface area contributed by atoms with Crippen LogP contribution in [0.25, 0.3) is 0 Å². The molecule has 1 N–H and O–H groups in total. The third-order valence-corrected chi connectivity index (χ3v) is 5.37. The number of nitrogens with one attached hydrogen (secondary N) is 1. The van der Waals surface area contributed by atoms with Gasteiger partial charge in [-0.1, -0.05) is 0 Å². The lowest BCUT2D eigenvalue weighted by Crippen LogP contribution is -2.28. The van der Waals surface area contributed by atoms with Crippen LogP contribution in [0.4, 0.5) is 0 Å². The number of nitriles is 1. The van der Waals surface area contributed by atoms with E-state index >= 15 is 0 Å². The van der Waals surface area contributed by atoms with Gasteiger partial charge >= 0.3 is 0 Å². The van der Waals surface area contributed by atoms with E-state index in [0.717, 1.165) is 23.9 Å². The van der Waals surface area contributed by atoms with Gasteiger partial charge in [0.2, 0.25) is 0 Å². The maximum Gasteiger partial charge on any atom is 0.140 e. The van der Waals surface area contributed by atoms with Gasteiger partial charge in [-0.25, -0.2) is 4.98 Å². The zero-order chi connectivity index (χ0) is 11.9. The Labute approximate surface area is 110 Å². The van der Waals surface area contributed by atoms with E-state index in [2.05, 4.69) is 28.1 Å². The van der Waals surface area contributed by atoms with Crippen molar-refractivity contribution in [1.29, 1.82) is 5.26 Å². The van der Waals surface area contributed by atoms with Crippen LogP contribution in [0.5, 0.6) is 0 Å². The number of aromatic nitrogens is 1. The average molecular weight is 265 g/mol. The van der Waals surface area contributed by atoms with Gasteiger partial charge in [0.25, 0.3) is 0 Å². The molecule has 0 spiro atoms. The first-order chi connectivity index (χ1) is 8.38. The van der Waals surface area contributed by atoms with Gasteiger partial charge in [-0.05, 0) is 17.7 Å². The Morgan fingerprint density at radius 1 is 1.53 bits per heavy atom. The summed E-state index contributed by atoms with van der Waals surface area (Å²) in [6.07, 6.45) is 1.70.